The lowest BCUT2D eigenvalue weighted by molar-refractivity contribution is -0.166. The van der Waals surface area contributed by atoms with E-state index in [0.29, 0.717) is 5.75 Å². The number of thioether (sulfide) groups is 1. The Morgan fingerprint density at radius 2 is 2.00 bits per heavy atom. The summed E-state index contributed by atoms with van der Waals surface area (Å²) in [5.74, 6) is -1.07. The van der Waals surface area contributed by atoms with Crippen molar-refractivity contribution in [3.8, 4) is 5.75 Å². The summed E-state index contributed by atoms with van der Waals surface area (Å²) in [6.07, 6.45) is -0.162. The van der Waals surface area contributed by atoms with Crippen LogP contribution in [-0.4, -0.2) is 68.0 Å². The number of methoxy groups -OCH3 is 1. The van der Waals surface area contributed by atoms with Crippen molar-refractivity contribution in [2.45, 2.75) is 40.4 Å². The number of benzene rings is 1. The Morgan fingerprint density at radius 3 is 2.55 bits per heavy atom. The Hall–Kier alpha value is -1.84. The third-order valence-corrected chi connectivity index (χ3v) is 8.28. The number of Topliss-reactive ketones (excluding diaryl/α,β-unsaturated/α-hetero) is 1. The van der Waals surface area contributed by atoms with Gasteiger partial charge in [-0.15, -0.1) is 11.8 Å². The van der Waals surface area contributed by atoms with Gasteiger partial charge < -0.3 is 19.5 Å². The predicted octanol–water partition coefficient (Wildman–Crippen LogP) is 2.16. The molecule has 1 aromatic rings. The van der Waals surface area contributed by atoms with Crippen LogP contribution in [-0.2, 0) is 14.3 Å². The van der Waals surface area contributed by atoms with Crippen molar-refractivity contribution in [1.29, 1.82) is 0 Å². The highest BCUT2D eigenvalue weighted by Crippen LogP contribution is 2.59. The summed E-state index contributed by atoms with van der Waals surface area (Å²) in [5, 5.41) is 10.2. The number of aliphatic hydroxyl groups is 1. The van der Waals surface area contributed by atoms with Gasteiger partial charge in [-0.3, -0.25) is 9.59 Å². The van der Waals surface area contributed by atoms with Gasteiger partial charge in [0, 0.05) is 10.3 Å². The number of rotatable bonds is 7. The topological polar surface area (TPSA) is 93.1 Å². The van der Waals surface area contributed by atoms with E-state index in [0.717, 1.165) is 0 Å². The van der Waals surface area contributed by atoms with Gasteiger partial charge in [-0.05, 0) is 38.1 Å². The van der Waals surface area contributed by atoms with Crippen LogP contribution < -0.4 is 4.74 Å². The van der Waals surface area contributed by atoms with Crippen LogP contribution in [0.25, 0.3) is 0 Å². The molecule has 4 atom stereocenters. The van der Waals surface area contributed by atoms with Gasteiger partial charge in [-0.2, -0.15) is 0 Å². The molecule has 0 spiro atoms. The van der Waals surface area contributed by atoms with Crippen molar-refractivity contribution >= 4 is 45.4 Å². The molecule has 1 amide bonds. The molecule has 2 saturated heterocycles. The number of halogens is 1. The van der Waals surface area contributed by atoms with Crippen molar-refractivity contribution in [3.05, 3.63) is 42.5 Å². The minimum atomic E-state index is -1.61. The second-order valence-electron chi connectivity index (χ2n) is 7.37. The minimum absolute atomic E-state index is 0.0425. The number of esters is 1. The Kier molecular flexibility index (Phi) is 5.86. The van der Waals surface area contributed by atoms with E-state index in [1.54, 1.807) is 12.1 Å². The first kappa shape index (κ1) is 21.9. The van der Waals surface area contributed by atoms with Crippen molar-refractivity contribution in [2.75, 3.05) is 13.7 Å². The van der Waals surface area contributed by atoms with Crippen LogP contribution in [0.1, 0.15) is 24.2 Å². The van der Waals surface area contributed by atoms with Gasteiger partial charge in [0.25, 0.3) is 0 Å². The van der Waals surface area contributed by atoms with E-state index in [9.17, 15) is 19.5 Å². The Labute approximate surface area is 181 Å². The summed E-state index contributed by atoms with van der Waals surface area (Å²) in [5.41, 5.74) is 0.257. The number of hydrogen-bond donors (Lipinski definition) is 1. The molecule has 2 heterocycles. The number of β-lactam (4-membered cyclic amide) rings is 1. The molecule has 7 nitrogen and oxygen atoms in total. The second kappa shape index (κ2) is 7.77. The summed E-state index contributed by atoms with van der Waals surface area (Å²) in [7, 11) is 1.51. The summed E-state index contributed by atoms with van der Waals surface area (Å²) < 4.78 is 8.06. The van der Waals surface area contributed by atoms with Crippen LogP contribution in [0.3, 0.4) is 0 Å². The summed E-state index contributed by atoms with van der Waals surface area (Å²) in [6, 6.07) is 5.45. The molecule has 29 heavy (non-hydrogen) atoms. The average molecular weight is 484 g/mol. The first-order valence-corrected chi connectivity index (χ1v) is 10.6. The summed E-state index contributed by atoms with van der Waals surface area (Å²) in [6.45, 7) is 7.21. The SMILES string of the molecule is C=CCOC(=O)[C@@H]1N2C(=O)C(Br)(C(O)C(=O)c3ccc(OC)cc3)[C@H]2SC1(C)C. The zero-order valence-electron chi connectivity index (χ0n) is 16.3. The van der Waals surface area contributed by atoms with Gasteiger partial charge in [0.15, 0.2) is 10.1 Å². The van der Waals surface area contributed by atoms with Crippen molar-refractivity contribution in [1.82, 2.24) is 4.90 Å². The van der Waals surface area contributed by atoms with E-state index in [2.05, 4.69) is 22.5 Å². The third-order valence-electron chi connectivity index (χ3n) is 5.11. The zero-order chi connectivity index (χ0) is 21.6. The third kappa shape index (κ3) is 3.39. The molecule has 3 rings (SSSR count). The smallest absolute Gasteiger partial charge is 0.330 e. The molecule has 156 valence electrons. The lowest BCUT2D eigenvalue weighted by Crippen LogP contribution is -2.75. The van der Waals surface area contributed by atoms with Gasteiger partial charge in [-0.1, -0.05) is 28.6 Å². The maximum atomic E-state index is 13.0. The maximum Gasteiger partial charge on any atom is 0.330 e. The van der Waals surface area contributed by atoms with Crippen LogP contribution in [0.2, 0.25) is 0 Å². The highest BCUT2D eigenvalue weighted by molar-refractivity contribution is 9.10. The molecule has 0 radical (unpaired) electrons. The van der Waals surface area contributed by atoms with Gasteiger partial charge in [0.2, 0.25) is 5.91 Å². The monoisotopic (exact) mass is 483 g/mol. The number of carbonyl (C=O) groups is 3. The fourth-order valence-corrected chi connectivity index (χ4v) is 6.16. The van der Waals surface area contributed by atoms with Crippen molar-refractivity contribution < 1.29 is 29.0 Å². The van der Waals surface area contributed by atoms with Crippen molar-refractivity contribution in [2.24, 2.45) is 0 Å². The number of alkyl halides is 1. The van der Waals surface area contributed by atoms with Crippen molar-refractivity contribution in [3.63, 3.8) is 0 Å². The van der Waals surface area contributed by atoms with Crippen LogP contribution in [0.4, 0.5) is 0 Å². The number of ketones is 1. The summed E-state index contributed by atoms with van der Waals surface area (Å²) in [4.78, 5) is 39.8. The fraction of sp³-hybridized carbons (Fsp3) is 0.450. The number of amides is 1. The van der Waals surface area contributed by atoms with E-state index in [1.807, 2.05) is 13.8 Å². The molecule has 1 aromatic carbocycles. The van der Waals surface area contributed by atoms with E-state index in [1.165, 1.54) is 42.0 Å². The van der Waals surface area contributed by atoms with E-state index in [-0.39, 0.29) is 12.2 Å². The zero-order valence-corrected chi connectivity index (χ0v) is 18.7. The Balaban J connectivity index is 1.84. The fourth-order valence-electron chi connectivity index (χ4n) is 3.60. The molecule has 0 bridgehead atoms. The Bertz CT molecular complexity index is 857. The predicted molar refractivity (Wildman–Crippen MR) is 112 cm³/mol. The summed E-state index contributed by atoms with van der Waals surface area (Å²) >= 11 is 4.68. The standard InChI is InChI=1S/C20H22BrNO6S/c1-5-10-28-16(25)14-19(2,3)29-18-20(21,17(26)22(14)18)15(24)13(23)11-6-8-12(27-4)9-7-11/h5-9,14-15,18,24H,1,10H2,2-4H3/t14-,15?,18+,20?/m0/s1. The van der Waals surface area contributed by atoms with Crippen LogP contribution in [0.15, 0.2) is 36.9 Å². The molecule has 9 heteroatoms. The Morgan fingerprint density at radius 1 is 1.38 bits per heavy atom. The quantitative estimate of drug-likeness (QED) is 0.209. The number of carbonyl (C=O) groups excluding carboxylic acids is 3. The molecule has 0 saturated carbocycles. The van der Waals surface area contributed by atoms with Gasteiger partial charge in [0.05, 0.1) is 7.11 Å². The molecule has 2 aliphatic rings. The van der Waals surface area contributed by atoms with E-state index in [4.69, 9.17) is 9.47 Å². The lowest BCUT2D eigenvalue weighted by Gasteiger charge is -2.51. The lowest BCUT2D eigenvalue weighted by atomic mass is 9.84. The molecule has 2 aliphatic heterocycles. The normalized spacial score (nSPS) is 28.2. The molecule has 0 aliphatic carbocycles. The van der Waals surface area contributed by atoms with E-state index < -0.39 is 44.3 Å². The first-order valence-electron chi connectivity index (χ1n) is 8.93. The van der Waals surface area contributed by atoms with Gasteiger partial charge in [-0.25, -0.2) is 4.79 Å². The molecule has 2 fully saturated rings. The number of aliphatic hydroxyl groups excluding tert-OH is 1. The number of nitrogens with zero attached hydrogens (tertiary/aromatic N) is 1. The second-order valence-corrected chi connectivity index (χ2v) is 10.4. The molecule has 1 N–H and O–H groups in total. The molecular formula is C20H22BrNO6S. The number of hydrogen-bond acceptors (Lipinski definition) is 7. The highest BCUT2D eigenvalue weighted by Gasteiger charge is 2.74. The molecular weight excluding hydrogens is 462 g/mol. The van der Waals surface area contributed by atoms with Crippen LogP contribution >= 0.6 is 27.7 Å². The van der Waals surface area contributed by atoms with Gasteiger partial charge >= 0.3 is 5.97 Å². The highest BCUT2D eigenvalue weighted by atomic mass is 79.9. The first-order chi connectivity index (χ1) is 13.6. The van der Waals surface area contributed by atoms with E-state index >= 15 is 0 Å². The largest absolute Gasteiger partial charge is 0.497 e. The van der Waals surface area contributed by atoms with Gasteiger partial charge in [0.1, 0.15) is 29.9 Å². The minimum Gasteiger partial charge on any atom is -0.497 e. The van der Waals surface area contributed by atoms with Crippen LogP contribution in [0, 0.1) is 0 Å². The molecule has 2 unspecified atom stereocenters. The molecule has 0 aromatic heterocycles. The maximum absolute atomic E-state index is 13.0. The van der Waals surface area contributed by atoms with Crippen LogP contribution in [0.5, 0.6) is 5.75 Å². The number of ether oxygens (including phenoxy) is 2. The number of fused-ring (bicyclic) bond motifs is 1. The average Bonchev–Trinajstić information content (AvgIpc) is 2.99.